The van der Waals surface area contributed by atoms with Gasteiger partial charge in [0.2, 0.25) is 5.89 Å². The molecule has 1 aromatic heterocycles. The van der Waals surface area contributed by atoms with Crippen LogP contribution in [-0.2, 0) is 17.8 Å². The van der Waals surface area contributed by atoms with Gasteiger partial charge in [-0.15, -0.1) is 0 Å². The molecular weight excluding hydrogens is 234 g/mol. The van der Waals surface area contributed by atoms with Gasteiger partial charge in [-0.2, -0.15) is 4.98 Å². The molecule has 0 unspecified atom stereocenters. The van der Waals surface area contributed by atoms with Crippen LogP contribution in [0.4, 0.5) is 0 Å². The molecule has 1 N–H and O–H groups in total. The molecule has 0 saturated carbocycles. The van der Waals surface area contributed by atoms with Crippen LogP contribution in [0.15, 0.2) is 4.52 Å². The van der Waals surface area contributed by atoms with E-state index in [1.165, 1.54) is 0 Å². The van der Waals surface area contributed by atoms with Gasteiger partial charge in [0.25, 0.3) is 0 Å². The molecule has 0 atom stereocenters. The molecule has 6 heteroatoms. The van der Waals surface area contributed by atoms with Crippen molar-refractivity contribution < 1.29 is 14.4 Å². The van der Waals surface area contributed by atoms with Gasteiger partial charge in [-0.3, -0.25) is 9.69 Å². The van der Waals surface area contributed by atoms with Crippen LogP contribution in [0.1, 0.15) is 38.9 Å². The fourth-order valence-electron chi connectivity index (χ4n) is 1.76. The van der Waals surface area contributed by atoms with Crippen LogP contribution in [-0.4, -0.2) is 39.2 Å². The van der Waals surface area contributed by atoms with Crippen LogP contribution >= 0.6 is 0 Å². The Kier molecular flexibility index (Phi) is 5.77. The second kappa shape index (κ2) is 7.10. The third-order valence-corrected chi connectivity index (χ3v) is 2.32. The third kappa shape index (κ3) is 5.27. The number of rotatable bonds is 8. The summed E-state index contributed by atoms with van der Waals surface area (Å²) < 4.78 is 5.08. The number of aromatic nitrogens is 2. The van der Waals surface area contributed by atoms with Crippen molar-refractivity contribution in [3.05, 3.63) is 11.7 Å². The van der Waals surface area contributed by atoms with E-state index in [-0.39, 0.29) is 6.54 Å². The highest BCUT2D eigenvalue weighted by atomic mass is 16.5. The SMILES string of the molecule is CCCc1nc(CN(CC(=O)O)CC(C)C)no1. The number of aliphatic carboxylic acids is 1. The fraction of sp³-hybridized carbons (Fsp3) is 0.750. The maximum Gasteiger partial charge on any atom is 0.317 e. The average molecular weight is 255 g/mol. The minimum absolute atomic E-state index is 0.00414. The summed E-state index contributed by atoms with van der Waals surface area (Å²) in [6.07, 6.45) is 1.71. The molecule has 0 radical (unpaired) electrons. The van der Waals surface area contributed by atoms with Gasteiger partial charge >= 0.3 is 5.97 Å². The van der Waals surface area contributed by atoms with Crippen molar-refractivity contribution in [3.63, 3.8) is 0 Å². The van der Waals surface area contributed by atoms with Crippen LogP contribution in [0.2, 0.25) is 0 Å². The summed E-state index contributed by atoms with van der Waals surface area (Å²) in [7, 11) is 0. The van der Waals surface area contributed by atoms with E-state index in [4.69, 9.17) is 9.63 Å². The molecular formula is C12H21N3O3. The van der Waals surface area contributed by atoms with Crippen molar-refractivity contribution in [2.45, 2.75) is 40.2 Å². The molecule has 102 valence electrons. The lowest BCUT2D eigenvalue weighted by Gasteiger charge is -2.20. The van der Waals surface area contributed by atoms with Gasteiger partial charge in [-0.05, 0) is 12.3 Å². The summed E-state index contributed by atoms with van der Waals surface area (Å²) in [6.45, 7) is 7.25. The van der Waals surface area contributed by atoms with Crippen LogP contribution in [0.5, 0.6) is 0 Å². The van der Waals surface area contributed by atoms with Crippen molar-refractivity contribution in [1.29, 1.82) is 0 Å². The lowest BCUT2D eigenvalue weighted by atomic mass is 10.2. The van der Waals surface area contributed by atoms with Crippen molar-refractivity contribution in [3.8, 4) is 0 Å². The molecule has 1 rings (SSSR count). The molecule has 18 heavy (non-hydrogen) atoms. The largest absolute Gasteiger partial charge is 0.480 e. The average Bonchev–Trinajstić information content (AvgIpc) is 2.64. The van der Waals surface area contributed by atoms with Gasteiger partial charge in [0, 0.05) is 13.0 Å². The van der Waals surface area contributed by atoms with E-state index in [0.29, 0.717) is 30.7 Å². The molecule has 0 spiro atoms. The standard InChI is InChI=1S/C12H21N3O3/c1-4-5-11-13-10(14-18-11)7-15(6-9(2)3)8-12(16)17/h9H,4-8H2,1-3H3,(H,16,17). The van der Waals surface area contributed by atoms with Crippen LogP contribution < -0.4 is 0 Å². The van der Waals surface area contributed by atoms with E-state index in [1.54, 1.807) is 0 Å². The monoisotopic (exact) mass is 255 g/mol. The molecule has 0 aliphatic carbocycles. The van der Waals surface area contributed by atoms with Gasteiger partial charge in [-0.25, -0.2) is 0 Å². The Morgan fingerprint density at radius 3 is 2.78 bits per heavy atom. The van der Waals surface area contributed by atoms with Gasteiger partial charge in [0.15, 0.2) is 5.82 Å². The van der Waals surface area contributed by atoms with E-state index in [9.17, 15) is 4.79 Å². The number of aryl methyl sites for hydroxylation is 1. The first-order valence-corrected chi connectivity index (χ1v) is 6.26. The summed E-state index contributed by atoms with van der Waals surface area (Å²) in [5.74, 6) is 0.729. The molecule has 0 amide bonds. The van der Waals surface area contributed by atoms with Gasteiger partial charge in [0.05, 0.1) is 13.1 Å². The van der Waals surface area contributed by atoms with Crippen molar-refractivity contribution in [1.82, 2.24) is 15.0 Å². The van der Waals surface area contributed by atoms with Crippen molar-refractivity contribution in [2.24, 2.45) is 5.92 Å². The predicted molar refractivity (Wildman–Crippen MR) is 66.0 cm³/mol. The number of carboxylic acid groups (broad SMARTS) is 1. The second-order valence-corrected chi connectivity index (χ2v) is 4.81. The molecule has 0 saturated heterocycles. The first kappa shape index (κ1) is 14.6. The molecule has 0 aliphatic heterocycles. The minimum Gasteiger partial charge on any atom is -0.480 e. The lowest BCUT2D eigenvalue weighted by molar-refractivity contribution is -0.138. The van der Waals surface area contributed by atoms with E-state index < -0.39 is 5.97 Å². The molecule has 0 fully saturated rings. The highest BCUT2D eigenvalue weighted by Gasteiger charge is 2.15. The Morgan fingerprint density at radius 1 is 1.50 bits per heavy atom. The molecule has 1 aromatic rings. The van der Waals surface area contributed by atoms with Crippen molar-refractivity contribution >= 4 is 5.97 Å². The minimum atomic E-state index is -0.840. The molecule has 0 bridgehead atoms. The number of carbonyl (C=O) groups is 1. The Bertz CT molecular complexity index is 376. The Labute approximate surface area is 107 Å². The molecule has 6 nitrogen and oxygen atoms in total. The number of hydrogen-bond donors (Lipinski definition) is 1. The van der Waals surface area contributed by atoms with Crippen LogP contribution in [0.25, 0.3) is 0 Å². The van der Waals surface area contributed by atoms with E-state index in [2.05, 4.69) is 10.1 Å². The number of nitrogens with zero attached hydrogens (tertiary/aromatic N) is 3. The predicted octanol–water partition coefficient (Wildman–Crippen LogP) is 1.56. The smallest absolute Gasteiger partial charge is 0.317 e. The Hall–Kier alpha value is -1.43. The first-order valence-electron chi connectivity index (χ1n) is 6.26. The van der Waals surface area contributed by atoms with E-state index >= 15 is 0 Å². The van der Waals surface area contributed by atoms with Gasteiger partial charge < -0.3 is 9.63 Å². The summed E-state index contributed by atoms with van der Waals surface area (Å²) in [5.41, 5.74) is 0. The fourth-order valence-corrected chi connectivity index (χ4v) is 1.76. The molecule has 1 heterocycles. The maximum atomic E-state index is 10.8. The normalized spacial score (nSPS) is 11.4. The summed E-state index contributed by atoms with van der Waals surface area (Å²) in [4.78, 5) is 16.8. The van der Waals surface area contributed by atoms with Gasteiger partial charge in [0.1, 0.15) is 0 Å². The quantitative estimate of drug-likeness (QED) is 0.759. The zero-order valence-electron chi connectivity index (χ0n) is 11.2. The number of hydrogen-bond acceptors (Lipinski definition) is 5. The molecule has 0 aliphatic rings. The van der Waals surface area contributed by atoms with Crippen LogP contribution in [0, 0.1) is 5.92 Å². The maximum absolute atomic E-state index is 10.8. The lowest BCUT2D eigenvalue weighted by Crippen LogP contribution is -2.32. The van der Waals surface area contributed by atoms with E-state index in [1.807, 2.05) is 25.7 Å². The second-order valence-electron chi connectivity index (χ2n) is 4.81. The summed E-state index contributed by atoms with van der Waals surface area (Å²) in [5, 5.41) is 12.7. The highest BCUT2D eigenvalue weighted by Crippen LogP contribution is 2.06. The zero-order chi connectivity index (χ0) is 13.5. The zero-order valence-corrected chi connectivity index (χ0v) is 11.2. The first-order chi connectivity index (χ1) is 8.51. The van der Waals surface area contributed by atoms with Gasteiger partial charge in [-0.1, -0.05) is 25.9 Å². The number of carboxylic acids is 1. The topological polar surface area (TPSA) is 79.5 Å². The summed E-state index contributed by atoms with van der Waals surface area (Å²) in [6, 6.07) is 0. The molecule has 0 aromatic carbocycles. The Morgan fingerprint density at radius 2 is 2.22 bits per heavy atom. The third-order valence-electron chi connectivity index (χ3n) is 2.32. The van der Waals surface area contributed by atoms with Crippen LogP contribution in [0.3, 0.4) is 0 Å². The van der Waals surface area contributed by atoms with Crippen molar-refractivity contribution in [2.75, 3.05) is 13.1 Å². The Balaban J connectivity index is 2.59. The summed E-state index contributed by atoms with van der Waals surface area (Å²) >= 11 is 0. The van der Waals surface area contributed by atoms with E-state index in [0.717, 1.165) is 12.8 Å². The highest BCUT2D eigenvalue weighted by molar-refractivity contribution is 5.69.